The zero-order valence-electron chi connectivity index (χ0n) is 21.8. The summed E-state index contributed by atoms with van der Waals surface area (Å²) in [5.74, 6) is -1.32. The highest BCUT2D eigenvalue weighted by molar-refractivity contribution is 5.73. The lowest BCUT2D eigenvalue weighted by molar-refractivity contribution is -0.329. The summed E-state index contributed by atoms with van der Waals surface area (Å²) >= 11 is 0. The molecule has 2 aliphatic heterocycles. The Hall–Kier alpha value is -1.62. The molecule has 0 radical (unpaired) electrons. The van der Waals surface area contributed by atoms with Crippen molar-refractivity contribution in [1.29, 1.82) is 0 Å². The lowest BCUT2D eigenvalue weighted by atomic mass is 9.96. The second-order valence-corrected chi connectivity index (χ2v) is 9.61. The predicted octanol–water partition coefficient (Wildman–Crippen LogP) is -7.65. The molecule has 234 valence electrons. The quantitative estimate of drug-likeness (QED) is 0.0950. The molecule has 40 heavy (non-hydrogen) atoms. The summed E-state index contributed by atoms with van der Waals surface area (Å²) in [6.45, 7) is -1.01. The van der Waals surface area contributed by atoms with Crippen LogP contribution in [0.2, 0.25) is 0 Å². The molecule has 0 bridgehead atoms. The summed E-state index contributed by atoms with van der Waals surface area (Å²) in [5.41, 5.74) is 0. The Morgan fingerprint density at radius 1 is 0.800 bits per heavy atom. The minimum Gasteiger partial charge on any atom is -0.394 e. The van der Waals surface area contributed by atoms with E-state index < -0.39 is 124 Å². The predicted molar refractivity (Wildman–Crippen MR) is 127 cm³/mol. The van der Waals surface area contributed by atoms with E-state index in [1.807, 2.05) is 0 Å². The number of nitrogens with one attached hydrogen (secondary N) is 2. The van der Waals surface area contributed by atoms with Crippen LogP contribution in [0, 0.1) is 0 Å². The Morgan fingerprint density at radius 2 is 1.35 bits per heavy atom. The lowest BCUT2D eigenvalue weighted by Crippen LogP contribution is -2.65. The fourth-order valence-electron chi connectivity index (χ4n) is 4.36. The topological polar surface area (TPSA) is 297 Å². The number of carbonyl (C=O) groups excluding carboxylic acids is 2. The molecular weight excluding hydrogens is 548 g/mol. The van der Waals surface area contributed by atoms with E-state index in [1.54, 1.807) is 0 Å². The molecule has 0 unspecified atom stereocenters. The third-order valence-electron chi connectivity index (χ3n) is 6.54. The largest absolute Gasteiger partial charge is 0.394 e. The number of ether oxygens (including phenoxy) is 4. The minimum absolute atomic E-state index is 0.642. The molecule has 14 atom stereocenters. The maximum absolute atomic E-state index is 11.6. The van der Waals surface area contributed by atoms with Gasteiger partial charge in [-0.3, -0.25) is 9.59 Å². The van der Waals surface area contributed by atoms with E-state index in [0.29, 0.717) is 0 Å². The molecule has 2 rings (SSSR count). The highest BCUT2D eigenvalue weighted by atomic mass is 16.7. The third-order valence-corrected chi connectivity index (χ3v) is 6.54. The van der Waals surface area contributed by atoms with Gasteiger partial charge < -0.3 is 80.6 Å². The van der Waals surface area contributed by atoms with Crippen molar-refractivity contribution < 1.29 is 79.6 Å². The van der Waals surface area contributed by atoms with Crippen molar-refractivity contribution in [1.82, 2.24) is 10.6 Å². The van der Waals surface area contributed by atoms with Crippen LogP contribution >= 0.6 is 0 Å². The Balaban J connectivity index is 2.28. The lowest BCUT2D eigenvalue weighted by Gasteiger charge is -2.44. The number of hydrogen-bond acceptors (Lipinski definition) is 16. The van der Waals surface area contributed by atoms with Gasteiger partial charge in [-0.1, -0.05) is 0 Å². The number of rotatable bonds is 13. The first-order valence-corrected chi connectivity index (χ1v) is 12.5. The molecule has 18 heteroatoms. The van der Waals surface area contributed by atoms with Crippen LogP contribution in [-0.2, 0) is 28.5 Å². The summed E-state index contributed by atoms with van der Waals surface area (Å²) in [7, 11) is 0. The van der Waals surface area contributed by atoms with Gasteiger partial charge in [-0.15, -0.1) is 0 Å². The molecule has 0 aromatic heterocycles. The van der Waals surface area contributed by atoms with Crippen molar-refractivity contribution in [3.05, 3.63) is 0 Å². The van der Waals surface area contributed by atoms with Crippen LogP contribution in [0.5, 0.6) is 0 Å². The summed E-state index contributed by atoms with van der Waals surface area (Å²) in [4.78, 5) is 23.2. The summed E-state index contributed by atoms with van der Waals surface area (Å²) in [6.07, 6.45) is -20.7. The Bertz CT molecular complexity index is 807. The molecule has 12 N–H and O–H groups in total. The van der Waals surface area contributed by atoms with E-state index in [0.717, 1.165) is 13.8 Å². The molecule has 2 aliphatic rings. The van der Waals surface area contributed by atoms with Gasteiger partial charge in [0.25, 0.3) is 0 Å². The van der Waals surface area contributed by atoms with Crippen molar-refractivity contribution in [3.8, 4) is 0 Å². The van der Waals surface area contributed by atoms with Crippen molar-refractivity contribution in [2.45, 2.75) is 99.6 Å². The molecule has 2 saturated heterocycles. The highest BCUT2D eigenvalue weighted by Crippen LogP contribution is 2.26. The minimum atomic E-state index is -1.94. The summed E-state index contributed by atoms with van der Waals surface area (Å²) in [5, 5.41) is 106. The van der Waals surface area contributed by atoms with E-state index in [1.165, 1.54) is 0 Å². The van der Waals surface area contributed by atoms with Gasteiger partial charge >= 0.3 is 0 Å². The van der Waals surface area contributed by atoms with Gasteiger partial charge in [0.05, 0.1) is 32.5 Å². The van der Waals surface area contributed by atoms with Crippen LogP contribution < -0.4 is 10.6 Å². The van der Waals surface area contributed by atoms with Crippen LogP contribution in [0.3, 0.4) is 0 Å². The average Bonchev–Trinajstić information content (AvgIpc) is 2.91. The first-order valence-electron chi connectivity index (χ1n) is 12.5. The van der Waals surface area contributed by atoms with Gasteiger partial charge in [-0.05, 0) is 0 Å². The normalized spacial score (nSPS) is 37.7. The monoisotopic (exact) mass is 588 g/mol. The zero-order chi connectivity index (χ0) is 30.3. The maximum atomic E-state index is 11.6. The third kappa shape index (κ3) is 8.46. The number of hydrogen-bond donors (Lipinski definition) is 12. The van der Waals surface area contributed by atoms with Crippen LogP contribution in [0.15, 0.2) is 0 Å². The van der Waals surface area contributed by atoms with Gasteiger partial charge in [0, 0.05) is 13.8 Å². The average molecular weight is 589 g/mol. The van der Waals surface area contributed by atoms with Crippen molar-refractivity contribution in [2.24, 2.45) is 0 Å². The Kier molecular flexibility index (Phi) is 13.5. The fourth-order valence-corrected chi connectivity index (χ4v) is 4.36. The molecule has 2 heterocycles. The van der Waals surface area contributed by atoms with Crippen molar-refractivity contribution in [2.75, 3.05) is 26.4 Å². The standard InChI is InChI=1S/C22H40N2O16/c1-7(28)23-9(3-25)14(31)20(40-22-19(36)18(35)16(33)12(5-27)39-22)10(30)6-37-21-13(24-8(2)29)17(34)15(32)11(4-26)38-21/h9-22,25-27,30-36H,3-6H2,1-2H3,(H,23,28)(H,24,29)/t9-,10+,11+,12+,13+,14+,15+,16-,17+,18-,19+,20+,21+,22-/m0/s1. The van der Waals surface area contributed by atoms with Gasteiger partial charge in [0.2, 0.25) is 11.8 Å². The molecular formula is C22H40N2O16. The van der Waals surface area contributed by atoms with Crippen LogP contribution in [0.1, 0.15) is 13.8 Å². The Labute approximate surface area is 228 Å². The number of amides is 2. The molecule has 0 spiro atoms. The van der Waals surface area contributed by atoms with E-state index in [9.17, 15) is 60.7 Å². The van der Waals surface area contributed by atoms with E-state index >= 15 is 0 Å². The van der Waals surface area contributed by atoms with Gasteiger partial charge in [-0.25, -0.2) is 0 Å². The summed E-state index contributed by atoms with van der Waals surface area (Å²) in [6, 6.07) is -2.81. The van der Waals surface area contributed by atoms with Gasteiger partial charge in [0.15, 0.2) is 12.6 Å². The van der Waals surface area contributed by atoms with E-state index in [-0.39, 0.29) is 0 Å². The molecule has 18 nitrogen and oxygen atoms in total. The number of aliphatic hydroxyl groups excluding tert-OH is 10. The fraction of sp³-hybridized carbons (Fsp3) is 0.909. The van der Waals surface area contributed by atoms with Gasteiger partial charge in [0.1, 0.15) is 67.1 Å². The summed E-state index contributed by atoms with van der Waals surface area (Å²) < 4.78 is 21.7. The highest BCUT2D eigenvalue weighted by Gasteiger charge is 2.48. The second kappa shape index (κ2) is 15.6. The van der Waals surface area contributed by atoms with Crippen LogP contribution in [-0.4, -0.2) is 175 Å². The van der Waals surface area contributed by atoms with E-state index in [4.69, 9.17) is 18.9 Å². The second-order valence-electron chi connectivity index (χ2n) is 9.61. The number of aliphatic hydroxyl groups is 10. The van der Waals surface area contributed by atoms with Crippen LogP contribution in [0.25, 0.3) is 0 Å². The molecule has 2 amide bonds. The number of carbonyl (C=O) groups is 2. The van der Waals surface area contributed by atoms with Gasteiger partial charge in [-0.2, -0.15) is 0 Å². The first kappa shape index (κ1) is 34.6. The van der Waals surface area contributed by atoms with Crippen molar-refractivity contribution in [3.63, 3.8) is 0 Å². The van der Waals surface area contributed by atoms with E-state index in [2.05, 4.69) is 10.6 Å². The SMILES string of the molecule is CC(=O)N[C@H]1[C@H](OC[C@@H](O)[C@@H](O[C@@H]2O[C@H](CO)[C@H](O)[C@H](O)[C@H]2O)[C@H](O)[C@H](CO)NC(C)=O)O[C@H](CO)[C@@H](O)[C@@H]1O. The molecule has 0 saturated carbocycles. The maximum Gasteiger partial charge on any atom is 0.217 e. The molecule has 0 aliphatic carbocycles. The smallest absolute Gasteiger partial charge is 0.217 e. The van der Waals surface area contributed by atoms with Crippen LogP contribution in [0.4, 0.5) is 0 Å². The zero-order valence-corrected chi connectivity index (χ0v) is 21.8. The molecule has 0 aromatic rings. The van der Waals surface area contributed by atoms with Crippen molar-refractivity contribution >= 4 is 11.8 Å². The molecule has 2 fully saturated rings. The first-order chi connectivity index (χ1) is 18.8. The Morgan fingerprint density at radius 3 is 1.85 bits per heavy atom. The molecule has 0 aromatic carbocycles.